The Kier molecular flexibility index (Phi) is 3.87. The minimum Gasteiger partial charge on any atom is -0.368 e. The Morgan fingerprint density at radius 2 is 2.00 bits per heavy atom. The highest BCUT2D eigenvalue weighted by Gasteiger charge is 1.85. The molecule has 0 aromatic carbocycles. The van der Waals surface area contributed by atoms with Gasteiger partial charge >= 0.3 is 0 Å². The molecule has 0 atom stereocenters. The van der Waals surface area contributed by atoms with Crippen LogP contribution in [0.15, 0.2) is 36.0 Å². The van der Waals surface area contributed by atoms with Gasteiger partial charge in [-0.1, -0.05) is 6.08 Å². The highest BCUT2D eigenvalue weighted by atomic mass is 32.2. The van der Waals surface area contributed by atoms with Crippen molar-refractivity contribution in [2.24, 2.45) is 0 Å². The SMILES string of the molecule is C1=CSCC1.c1cc[nH]c1. The molecule has 0 amide bonds. The van der Waals surface area contributed by atoms with E-state index in [1.54, 1.807) is 0 Å². The van der Waals surface area contributed by atoms with Crippen molar-refractivity contribution in [1.29, 1.82) is 0 Å². The number of hydrogen-bond donors (Lipinski definition) is 1. The summed E-state index contributed by atoms with van der Waals surface area (Å²) in [6.07, 6.45) is 7.23. The predicted octanol–water partition coefficient (Wildman–Crippen LogP) is 2.65. The van der Waals surface area contributed by atoms with E-state index in [1.807, 2.05) is 36.3 Å². The maximum absolute atomic E-state index is 2.86. The van der Waals surface area contributed by atoms with Crippen molar-refractivity contribution in [3.8, 4) is 0 Å². The molecular formula is C8H11NS. The van der Waals surface area contributed by atoms with E-state index in [0.29, 0.717) is 0 Å². The highest BCUT2D eigenvalue weighted by Crippen LogP contribution is 2.11. The molecule has 0 unspecified atom stereocenters. The van der Waals surface area contributed by atoms with E-state index in [9.17, 15) is 0 Å². The van der Waals surface area contributed by atoms with Gasteiger partial charge in [0.1, 0.15) is 0 Å². The first-order valence-corrected chi connectivity index (χ1v) is 4.39. The van der Waals surface area contributed by atoms with Crippen LogP contribution >= 0.6 is 11.8 Å². The first-order valence-electron chi connectivity index (χ1n) is 3.34. The molecule has 0 saturated carbocycles. The largest absolute Gasteiger partial charge is 0.368 e. The van der Waals surface area contributed by atoms with Crippen molar-refractivity contribution in [3.63, 3.8) is 0 Å². The number of rotatable bonds is 0. The summed E-state index contributed by atoms with van der Waals surface area (Å²) in [5, 5.41) is 2.15. The Morgan fingerprint density at radius 3 is 2.20 bits per heavy atom. The molecule has 1 aromatic heterocycles. The first kappa shape index (κ1) is 7.48. The number of allylic oxidation sites excluding steroid dienone is 1. The Bertz CT molecular complexity index is 144. The maximum atomic E-state index is 2.86. The van der Waals surface area contributed by atoms with Crippen molar-refractivity contribution < 1.29 is 0 Å². The van der Waals surface area contributed by atoms with Crippen molar-refractivity contribution >= 4 is 11.8 Å². The monoisotopic (exact) mass is 153 g/mol. The zero-order valence-corrected chi connectivity index (χ0v) is 6.60. The summed E-state index contributed by atoms with van der Waals surface area (Å²) in [4.78, 5) is 2.86. The van der Waals surface area contributed by atoms with E-state index in [1.165, 1.54) is 12.2 Å². The smallest absolute Gasteiger partial charge is 0.000884 e. The zero-order valence-electron chi connectivity index (χ0n) is 5.79. The Balaban J connectivity index is 0.0000001000. The number of thioether (sulfide) groups is 1. The second-order valence-corrected chi connectivity index (χ2v) is 2.93. The molecule has 2 heterocycles. The van der Waals surface area contributed by atoms with Gasteiger partial charge in [-0.15, -0.1) is 11.8 Å². The molecule has 0 bridgehead atoms. The molecule has 2 rings (SSSR count). The molecule has 10 heavy (non-hydrogen) atoms. The summed E-state index contributed by atoms with van der Waals surface area (Å²) >= 11 is 1.89. The average molecular weight is 153 g/mol. The fourth-order valence-corrected chi connectivity index (χ4v) is 1.30. The van der Waals surface area contributed by atoms with Crippen LogP contribution in [0.4, 0.5) is 0 Å². The van der Waals surface area contributed by atoms with E-state index < -0.39 is 0 Å². The molecule has 2 heteroatoms. The van der Waals surface area contributed by atoms with Gasteiger partial charge in [-0.05, 0) is 24.0 Å². The number of hydrogen-bond acceptors (Lipinski definition) is 1. The summed E-state index contributed by atoms with van der Waals surface area (Å²) in [5.41, 5.74) is 0. The van der Waals surface area contributed by atoms with Crippen LogP contribution in [0.1, 0.15) is 6.42 Å². The fourth-order valence-electron chi connectivity index (χ4n) is 0.618. The summed E-state index contributed by atoms with van der Waals surface area (Å²) in [6, 6.07) is 3.89. The van der Waals surface area contributed by atoms with Gasteiger partial charge in [-0.2, -0.15) is 0 Å². The molecular weight excluding hydrogens is 142 g/mol. The van der Waals surface area contributed by atoms with Crippen LogP contribution in [0.5, 0.6) is 0 Å². The Labute approximate surface area is 65.5 Å². The van der Waals surface area contributed by atoms with Crippen molar-refractivity contribution in [2.75, 3.05) is 5.75 Å². The zero-order chi connectivity index (χ0) is 7.07. The number of aromatic nitrogens is 1. The molecule has 54 valence electrons. The second kappa shape index (κ2) is 5.18. The third kappa shape index (κ3) is 3.41. The quantitative estimate of drug-likeness (QED) is 0.606. The molecule has 0 spiro atoms. The lowest BCUT2D eigenvalue weighted by atomic mass is 10.5. The maximum Gasteiger partial charge on any atom is 0.000884 e. The van der Waals surface area contributed by atoms with Gasteiger partial charge in [0.15, 0.2) is 0 Å². The lowest BCUT2D eigenvalue weighted by Gasteiger charge is -1.69. The molecule has 1 aliphatic rings. The van der Waals surface area contributed by atoms with E-state index in [2.05, 4.69) is 16.5 Å². The van der Waals surface area contributed by atoms with Crippen LogP contribution in [0.25, 0.3) is 0 Å². The van der Waals surface area contributed by atoms with Gasteiger partial charge in [0.05, 0.1) is 0 Å². The van der Waals surface area contributed by atoms with E-state index in [4.69, 9.17) is 0 Å². The molecule has 1 aromatic rings. The first-order chi connectivity index (χ1) is 5.00. The normalized spacial score (nSPS) is 14.4. The third-order valence-corrected chi connectivity index (χ3v) is 1.95. The molecule has 0 saturated heterocycles. The number of aromatic amines is 1. The predicted molar refractivity (Wildman–Crippen MR) is 47.0 cm³/mol. The lowest BCUT2D eigenvalue weighted by molar-refractivity contribution is 1.28. The van der Waals surface area contributed by atoms with E-state index in [-0.39, 0.29) is 0 Å². The second-order valence-electron chi connectivity index (χ2n) is 1.92. The van der Waals surface area contributed by atoms with Gasteiger partial charge in [-0.25, -0.2) is 0 Å². The minimum atomic E-state index is 1.28. The van der Waals surface area contributed by atoms with E-state index in [0.717, 1.165) is 0 Å². The molecule has 0 radical (unpaired) electrons. The molecule has 1 aliphatic heterocycles. The highest BCUT2D eigenvalue weighted by molar-refractivity contribution is 8.02. The van der Waals surface area contributed by atoms with Crippen LogP contribution < -0.4 is 0 Å². The molecule has 0 aliphatic carbocycles. The third-order valence-electron chi connectivity index (χ3n) is 1.09. The van der Waals surface area contributed by atoms with Gasteiger partial charge in [0.25, 0.3) is 0 Å². The Hall–Kier alpha value is -0.630. The van der Waals surface area contributed by atoms with E-state index >= 15 is 0 Å². The molecule has 1 nitrogen and oxygen atoms in total. The van der Waals surface area contributed by atoms with Crippen molar-refractivity contribution in [1.82, 2.24) is 4.98 Å². The van der Waals surface area contributed by atoms with Gasteiger partial charge < -0.3 is 4.98 Å². The van der Waals surface area contributed by atoms with Gasteiger partial charge in [0.2, 0.25) is 0 Å². The van der Waals surface area contributed by atoms with Crippen molar-refractivity contribution in [3.05, 3.63) is 36.0 Å². The summed E-state index contributed by atoms with van der Waals surface area (Å²) in [5.74, 6) is 1.31. The number of nitrogens with one attached hydrogen (secondary N) is 1. The summed E-state index contributed by atoms with van der Waals surface area (Å²) in [7, 11) is 0. The molecule has 0 fully saturated rings. The van der Waals surface area contributed by atoms with Crippen molar-refractivity contribution in [2.45, 2.75) is 6.42 Å². The van der Waals surface area contributed by atoms with Gasteiger partial charge in [0, 0.05) is 18.1 Å². The Morgan fingerprint density at radius 1 is 1.20 bits per heavy atom. The van der Waals surface area contributed by atoms with Crippen LogP contribution in [0.2, 0.25) is 0 Å². The molecule has 1 N–H and O–H groups in total. The topological polar surface area (TPSA) is 15.8 Å². The van der Waals surface area contributed by atoms with Crippen LogP contribution in [-0.4, -0.2) is 10.7 Å². The average Bonchev–Trinajstić information content (AvgIpc) is 2.67. The lowest BCUT2D eigenvalue weighted by Crippen LogP contribution is -1.56. The number of H-pyrrole nitrogens is 1. The minimum absolute atomic E-state index is 1.28. The fraction of sp³-hybridized carbons (Fsp3) is 0.250. The van der Waals surface area contributed by atoms with Crippen LogP contribution in [0, 0.1) is 0 Å². The summed E-state index contributed by atoms with van der Waals surface area (Å²) in [6.45, 7) is 0. The van der Waals surface area contributed by atoms with Gasteiger partial charge in [-0.3, -0.25) is 0 Å². The van der Waals surface area contributed by atoms with Crippen LogP contribution in [-0.2, 0) is 0 Å². The van der Waals surface area contributed by atoms with Crippen LogP contribution in [0.3, 0.4) is 0 Å². The standard InChI is InChI=1S/C4H5N.C4H6S/c2*1-2-4-5-3-1/h1-5H;1,3H,2,4H2. The summed E-state index contributed by atoms with van der Waals surface area (Å²) < 4.78 is 0.